The van der Waals surface area contributed by atoms with Crippen molar-refractivity contribution in [1.82, 2.24) is 0 Å². The Morgan fingerprint density at radius 2 is 1.52 bits per heavy atom. The number of fused-ring (bicyclic) bond motifs is 1. The molecule has 0 aromatic heterocycles. The van der Waals surface area contributed by atoms with Gasteiger partial charge < -0.3 is 4.74 Å². The van der Waals surface area contributed by atoms with Crippen LogP contribution >= 0.6 is 0 Å². The molecule has 0 spiro atoms. The van der Waals surface area contributed by atoms with E-state index < -0.39 is 0 Å². The van der Waals surface area contributed by atoms with E-state index in [0.29, 0.717) is 0 Å². The van der Waals surface area contributed by atoms with Gasteiger partial charge in [0.25, 0.3) is 0 Å². The first-order valence-corrected chi connectivity index (χ1v) is 8.41. The summed E-state index contributed by atoms with van der Waals surface area (Å²) in [5.74, 6) is 7.33. The van der Waals surface area contributed by atoms with E-state index in [0.717, 1.165) is 16.9 Å². The lowest BCUT2D eigenvalue weighted by atomic mass is 9.93. The van der Waals surface area contributed by atoms with Crippen LogP contribution < -0.4 is 4.74 Å². The largest absolute Gasteiger partial charge is 0.473 e. The minimum absolute atomic E-state index is 0.258. The summed E-state index contributed by atoms with van der Waals surface area (Å²) in [7, 11) is 0. The van der Waals surface area contributed by atoms with Crippen LogP contribution in [-0.4, -0.2) is 6.10 Å². The van der Waals surface area contributed by atoms with E-state index in [-0.39, 0.29) is 6.10 Å². The van der Waals surface area contributed by atoms with Gasteiger partial charge in [-0.05, 0) is 48.3 Å². The van der Waals surface area contributed by atoms with Crippen molar-refractivity contribution < 1.29 is 4.74 Å². The Labute approximate surface area is 148 Å². The van der Waals surface area contributed by atoms with Crippen molar-refractivity contribution in [3.8, 4) is 17.6 Å². The Bertz CT molecular complexity index is 970. The summed E-state index contributed by atoms with van der Waals surface area (Å²) < 4.78 is 6.08. The third-order valence-corrected chi connectivity index (χ3v) is 4.24. The molecule has 0 unspecified atom stereocenters. The minimum Gasteiger partial charge on any atom is -0.473 e. The maximum atomic E-state index is 6.08. The van der Waals surface area contributed by atoms with Crippen molar-refractivity contribution in [2.45, 2.75) is 13.0 Å². The SMILES string of the molecule is Cc1ccc(C2=C[C@@H](C#Cc3ccccc3)Oc3ccccc32)cc1. The van der Waals surface area contributed by atoms with Gasteiger partial charge in [0.15, 0.2) is 6.10 Å². The molecule has 0 radical (unpaired) electrons. The van der Waals surface area contributed by atoms with Gasteiger partial charge in [-0.1, -0.05) is 72.1 Å². The van der Waals surface area contributed by atoms with E-state index in [1.54, 1.807) is 0 Å². The van der Waals surface area contributed by atoms with Crippen LogP contribution in [-0.2, 0) is 0 Å². The van der Waals surface area contributed by atoms with E-state index in [2.05, 4.69) is 55.2 Å². The second-order valence-electron chi connectivity index (χ2n) is 6.12. The van der Waals surface area contributed by atoms with Crippen molar-refractivity contribution in [1.29, 1.82) is 0 Å². The van der Waals surface area contributed by atoms with Crippen LogP contribution in [0.25, 0.3) is 5.57 Å². The molecule has 120 valence electrons. The predicted octanol–water partition coefficient (Wildman–Crippen LogP) is 5.24. The predicted molar refractivity (Wildman–Crippen MR) is 102 cm³/mol. The molecule has 1 aliphatic rings. The van der Waals surface area contributed by atoms with Crippen molar-refractivity contribution in [2.24, 2.45) is 0 Å². The molecule has 0 aliphatic carbocycles. The fraction of sp³-hybridized carbons (Fsp3) is 0.0833. The Morgan fingerprint density at radius 3 is 2.32 bits per heavy atom. The Balaban J connectivity index is 1.74. The third-order valence-electron chi connectivity index (χ3n) is 4.24. The quantitative estimate of drug-likeness (QED) is 0.557. The molecule has 1 heterocycles. The summed E-state index contributed by atoms with van der Waals surface area (Å²) in [4.78, 5) is 0. The van der Waals surface area contributed by atoms with Crippen molar-refractivity contribution in [2.75, 3.05) is 0 Å². The fourth-order valence-electron chi connectivity index (χ4n) is 2.94. The molecule has 1 aliphatic heterocycles. The maximum absolute atomic E-state index is 6.08. The van der Waals surface area contributed by atoms with Crippen LogP contribution in [0.2, 0.25) is 0 Å². The average Bonchev–Trinajstić information content (AvgIpc) is 2.67. The van der Waals surface area contributed by atoms with Gasteiger partial charge in [-0.15, -0.1) is 0 Å². The molecule has 3 aromatic carbocycles. The first-order valence-electron chi connectivity index (χ1n) is 8.41. The molecule has 1 atom stereocenters. The van der Waals surface area contributed by atoms with E-state index >= 15 is 0 Å². The van der Waals surface area contributed by atoms with Gasteiger partial charge in [0, 0.05) is 11.1 Å². The van der Waals surface area contributed by atoms with Gasteiger partial charge in [0.05, 0.1) is 0 Å². The number of hydrogen-bond acceptors (Lipinski definition) is 1. The summed E-state index contributed by atoms with van der Waals surface area (Å²) in [6.07, 6.45) is 1.86. The van der Waals surface area contributed by atoms with E-state index in [4.69, 9.17) is 4.74 Å². The zero-order valence-corrected chi connectivity index (χ0v) is 14.1. The molecule has 3 aromatic rings. The molecule has 0 N–H and O–H groups in total. The highest BCUT2D eigenvalue weighted by atomic mass is 16.5. The standard InChI is InChI=1S/C24H18O/c1-18-11-14-20(15-12-18)23-17-21(16-13-19-7-3-2-4-8-19)25-24-10-6-5-9-22(23)24/h2-12,14-15,17,21H,1H3/t21-/m1/s1. The maximum Gasteiger partial charge on any atom is 0.178 e. The topological polar surface area (TPSA) is 9.23 Å². The smallest absolute Gasteiger partial charge is 0.178 e. The van der Waals surface area contributed by atoms with Crippen LogP contribution in [0.15, 0.2) is 84.9 Å². The second kappa shape index (κ2) is 6.71. The minimum atomic E-state index is -0.258. The van der Waals surface area contributed by atoms with Crippen LogP contribution in [0, 0.1) is 18.8 Å². The number of para-hydroxylation sites is 1. The molecular weight excluding hydrogens is 304 g/mol. The van der Waals surface area contributed by atoms with Crippen molar-refractivity contribution in [3.63, 3.8) is 0 Å². The summed E-state index contributed by atoms with van der Waals surface area (Å²) in [5, 5.41) is 0. The molecule has 0 fully saturated rings. The van der Waals surface area contributed by atoms with Crippen LogP contribution in [0.5, 0.6) is 5.75 Å². The molecule has 0 bridgehead atoms. The van der Waals surface area contributed by atoms with Crippen LogP contribution in [0.3, 0.4) is 0 Å². The number of aryl methyl sites for hydroxylation is 1. The van der Waals surface area contributed by atoms with Crippen molar-refractivity contribution >= 4 is 5.57 Å². The first kappa shape index (κ1) is 15.3. The summed E-state index contributed by atoms with van der Waals surface area (Å²) in [6.45, 7) is 2.10. The second-order valence-corrected chi connectivity index (χ2v) is 6.12. The monoisotopic (exact) mass is 322 g/mol. The number of ether oxygens (including phenoxy) is 1. The van der Waals surface area contributed by atoms with E-state index in [1.165, 1.54) is 16.7 Å². The molecule has 25 heavy (non-hydrogen) atoms. The van der Waals surface area contributed by atoms with Gasteiger partial charge >= 0.3 is 0 Å². The van der Waals surface area contributed by atoms with Crippen LogP contribution in [0.1, 0.15) is 22.3 Å². The summed E-state index contributed by atoms with van der Waals surface area (Å²) in [5.41, 5.74) is 5.73. The van der Waals surface area contributed by atoms with Crippen LogP contribution in [0.4, 0.5) is 0 Å². The normalized spacial score (nSPS) is 15.2. The van der Waals surface area contributed by atoms with E-state index in [9.17, 15) is 0 Å². The van der Waals surface area contributed by atoms with E-state index in [1.807, 2.05) is 48.5 Å². The van der Waals surface area contributed by atoms with Gasteiger partial charge in [0.1, 0.15) is 5.75 Å². The Kier molecular flexibility index (Phi) is 4.11. The molecule has 0 amide bonds. The fourth-order valence-corrected chi connectivity index (χ4v) is 2.94. The highest BCUT2D eigenvalue weighted by molar-refractivity contribution is 5.84. The zero-order valence-electron chi connectivity index (χ0n) is 14.1. The number of hydrogen-bond donors (Lipinski definition) is 0. The molecule has 4 rings (SSSR count). The third kappa shape index (κ3) is 3.34. The Morgan fingerprint density at radius 1 is 0.800 bits per heavy atom. The lowest BCUT2D eigenvalue weighted by Gasteiger charge is -2.23. The van der Waals surface area contributed by atoms with Crippen molar-refractivity contribution in [3.05, 3.63) is 107 Å². The zero-order chi connectivity index (χ0) is 17.1. The molecule has 1 nitrogen and oxygen atoms in total. The summed E-state index contributed by atoms with van der Waals surface area (Å²) in [6, 6.07) is 26.7. The van der Waals surface area contributed by atoms with Gasteiger partial charge in [-0.25, -0.2) is 0 Å². The molecule has 1 heteroatoms. The highest BCUT2D eigenvalue weighted by Crippen LogP contribution is 2.35. The Hall–Kier alpha value is -3.24. The molecular formula is C24H18O. The lowest BCUT2D eigenvalue weighted by molar-refractivity contribution is 0.300. The number of benzene rings is 3. The molecule has 0 saturated heterocycles. The lowest BCUT2D eigenvalue weighted by Crippen LogP contribution is -2.17. The molecule has 0 saturated carbocycles. The van der Waals surface area contributed by atoms with Gasteiger partial charge in [-0.3, -0.25) is 0 Å². The van der Waals surface area contributed by atoms with Gasteiger partial charge in [0.2, 0.25) is 0 Å². The number of rotatable bonds is 1. The summed E-state index contributed by atoms with van der Waals surface area (Å²) >= 11 is 0. The first-order chi connectivity index (χ1) is 12.3. The highest BCUT2D eigenvalue weighted by Gasteiger charge is 2.20. The van der Waals surface area contributed by atoms with Gasteiger partial charge in [-0.2, -0.15) is 0 Å². The average molecular weight is 322 g/mol.